The summed E-state index contributed by atoms with van der Waals surface area (Å²) in [5.74, 6) is 0. The number of hydrogen-bond acceptors (Lipinski definition) is 4. The zero-order valence-electron chi connectivity index (χ0n) is 10.9. The lowest BCUT2D eigenvalue weighted by atomic mass is 10.0. The van der Waals surface area contributed by atoms with Gasteiger partial charge in [-0.05, 0) is 23.8 Å². The highest BCUT2D eigenvalue weighted by atomic mass is 32.1. The quantitative estimate of drug-likeness (QED) is 0.558. The van der Waals surface area contributed by atoms with Gasteiger partial charge >= 0.3 is 0 Å². The van der Waals surface area contributed by atoms with Crippen LogP contribution in [0.5, 0.6) is 0 Å². The maximum Gasteiger partial charge on any atom is 0.181 e. The number of fused-ring (bicyclic) bond motifs is 2. The van der Waals surface area contributed by atoms with E-state index in [4.69, 9.17) is 11.0 Å². The molecule has 2 aromatic carbocycles. The maximum atomic E-state index is 9.17. The van der Waals surface area contributed by atoms with E-state index in [1.54, 1.807) is 0 Å². The molecule has 4 rings (SSSR count). The molecule has 0 spiro atoms. The maximum absolute atomic E-state index is 9.17. The van der Waals surface area contributed by atoms with Crippen LogP contribution in [-0.4, -0.2) is 9.97 Å². The molecule has 0 aliphatic rings. The topological polar surface area (TPSA) is 78.5 Å². The predicted octanol–water partition coefficient (Wildman–Crippen LogP) is 3.90. The van der Waals surface area contributed by atoms with Crippen LogP contribution in [-0.2, 0) is 0 Å². The number of anilines is 1. The first-order chi connectivity index (χ1) is 10.3. The highest BCUT2D eigenvalue weighted by molar-refractivity contribution is 7.22. The number of H-pyrrole nitrogens is 1. The summed E-state index contributed by atoms with van der Waals surface area (Å²) in [5, 5.41) is 10.8. The second-order valence-corrected chi connectivity index (χ2v) is 5.84. The van der Waals surface area contributed by atoms with Gasteiger partial charge in [-0.3, -0.25) is 0 Å². The van der Waals surface area contributed by atoms with Gasteiger partial charge in [-0.15, -0.1) is 0 Å². The van der Waals surface area contributed by atoms with Gasteiger partial charge in [0.1, 0.15) is 6.07 Å². The van der Waals surface area contributed by atoms with Crippen molar-refractivity contribution in [2.75, 3.05) is 5.73 Å². The van der Waals surface area contributed by atoms with E-state index in [0.717, 1.165) is 32.2 Å². The number of nitrogens with zero attached hydrogens (tertiary/aromatic N) is 2. The average Bonchev–Trinajstić information content (AvgIpc) is 3.08. The molecule has 0 bridgehead atoms. The summed E-state index contributed by atoms with van der Waals surface area (Å²) in [6.45, 7) is 0. The van der Waals surface area contributed by atoms with Gasteiger partial charge in [-0.25, -0.2) is 4.98 Å². The Kier molecular flexibility index (Phi) is 2.46. The van der Waals surface area contributed by atoms with Crippen LogP contribution in [0.2, 0.25) is 0 Å². The Hall–Kier alpha value is -2.84. The molecule has 2 heterocycles. The molecule has 4 nitrogen and oxygen atoms in total. The molecule has 0 amide bonds. The third-order valence-electron chi connectivity index (χ3n) is 3.55. The Labute approximate surface area is 124 Å². The number of rotatable bonds is 1. The van der Waals surface area contributed by atoms with Gasteiger partial charge in [-0.1, -0.05) is 29.5 Å². The molecule has 0 atom stereocenters. The summed E-state index contributed by atoms with van der Waals surface area (Å²) in [4.78, 5) is 7.47. The van der Waals surface area contributed by atoms with Gasteiger partial charge in [0.25, 0.3) is 0 Å². The van der Waals surface area contributed by atoms with Crippen LogP contribution in [0, 0.1) is 11.3 Å². The number of thiazole rings is 1. The number of nitriles is 1. The number of aromatic nitrogens is 2. The van der Waals surface area contributed by atoms with E-state index in [1.807, 2.05) is 36.5 Å². The van der Waals surface area contributed by atoms with Crippen molar-refractivity contribution in [2.45, 2.75) is 0 Å². The third-order valence-corrected chi connectivity index (χ3v) is 4.40. The highest BCUT2D eigenvalue weighted by Gasteiger charge is 2.10. The molecule has 100 valence electrons. The molecular formula is C16H10N4S. The van der Waals surface area contributed by atoms with Crippen molar-refractivity contribution in [3.05, 3.63) is 48.2 Å². The van der Waals surface area contributed by atoms with Gasteiger partial charge in [-0.2, -0.15) is 5.26 Å². The summed E-state index contributed by atoms with van der Waals surface area (Å²) in [6, 6.07) is 14.0. The Morgan fingerprint density at radius 1 is 1.24 bits per heavy atom. The van der Waals surface area contributed by atoms with E-state index in [1.165, 1.54) is 11.3 Å². The van der Waals surface area contributed by atoms with Crippen LogP contribution in [0.4, 0.5) is 5.13 Å². The lowest BCUT2D eigenvalue weighted by molar-refractivity contribution is 1.44. The molecule has 2 aromatic heterocycles. The van der Waals surface area contributed by atoms with E-state index in [2.05, 4.69) is 22.1 Å². The van der Waals surface area contributed by atoms with E-state index in [-0.39, 0.29) is 0 Å². The lowest BCUT2D eigenvalue weighted by Crippen LogP contribution is -1.79. The summed E-state index contributed by atoms with van der Waals surface area (Å²) >= 11 is 1.48. The second-order valence-electron chi connectivity index (χ2n) is 4.78. The number of hydrogen-bond donors (Lipinski definition) is 2. The Bertz CT molecular complexity index is 1020. The smallest absolute Gasteiger partial charge is 0.181 e. The fraction of sp³-hybridized carbons (Fsp3) is 0. The molecule has 0 radical (unpaired) electrons. The summed E-state index contributed by atoms with van der Waals surface area (Å²) in [7, 11) is 0. The molecule has 5 heteroatoms. The molecule has 4 aromatic rings. The van der Waals surface area contributed by atoms with Crippen molar-refractivity contribution in [3.63, 3.8) is 0 Å². The zero-order valence-corrected chi connectivity index (χ0v) is 11.7. The first-order valence-corrected chi connectivity index (χ1v) is 7.24. The Balaban J connectivity index is 1.98. The molecule has 0 aliphatic carbocycles. The van der Waals surface area contributed by atoms with Gasteiger partial charge in [0.05, 0.1) is 21.3 Å². The Morgan fingerprint density at radius 2 is 2.14 bits per heavy atom. The standard InChI is InChI=1S/C16H10N4S/c17-7-10-2-1-3-11-12(8-19-15(10)11)9-4-5-13-14(6-9)21-16(18)20-13/h1-6,8,19H,(H2,18,20). The molecule has 0 fully saturated rings. The number of para-hydroxylation sites is 1. The van der Waals surface area contributed by atoms with Gasteiger partial charge < -0.3 is 10.7 Å². The number of nitrogens with one attached hydrogen (secondary N) is 1. The van der Waals surface area contributed by atoms with Crippen molar-refractivity contribution in [3.8, 4) is 17.2 Å². The van der Waals surface area contributed by atoms with Gasteiger partial charge in [0.15, 0.2) is 5.13 Å². The Morgan fingerprint density at radius 3 is 3.00 bits per heavy atom. The van der Waals surface area contributed by atoms with E-state index in [0.29, 0.717) is 10.7 Å². The molecule has 0 saturated heterocycles. The van der Waals surface area contributed by atoms with E-state index >= 15 is 0 Å². The minimum absolute atomic E-state index is 0.577. The van der Waals surface area contributed by atoms with E-state index < -0.39 is 0 Å². The monoisotopic (exact) mass is 290 g/mol. The van der Waals surface area contributed by atoms with E-state index in [9.17, 15) is 0 Å². The van der Waals surface area contributed by atoms with Crippen molar-refractivity contribution in [1.82, 2.24) is 9.97 Å². The van der Waals surface area contributed by atoms with Crippen molar-refractivity contribution < 1.29 is 0 Å². The largest absolute Gasteiger partial charge is 0.375 e. The minimum Gasteiger partial charge on any atom is -0.375 e. The van der Waals surface area contributed by atoms with Crippen LogP contribution < -0.4 is 5.73 Å². The average molecular weight is 290 g/mol. The third kappa shape index (κ3) is 1.77. The van der Waals surface area contributed by atoms with Crippen molar-refractivity contribution >= 4 is 37.6 Å². The van der Waals surface area contributed by atoms with Crippen LogP contribution in [0.25, 0.3) is 32.2 Å². The first-order valence-electron chi connectivity index (χ1n) is 6.43. The fourth-order valence-corrected chi connectivity index (χ4v) is 3.37. The predicted molar refractivity (Wildman–Crippen MR) is 86.0 cm³/mol. The minimum atomic E-state index is 0.577. The normalized spacial score (nSPS) is 11.0. The summed E-state index contributed by atoms with van der Waals surface area (Å²) in [5.41, 5.74) is 10.4. The van der Waals surface area contributed by atoms with Crippen molar-refractivity contribution in [2.24, 2.45) is 0 Å². The highest BCUT2D eigenvalue weighted by Crippen LogP contribution is 2.33. The number of aromatic amines is 1. The molecule has 3 N–H and O–H groups in total. The fourth-order valence-electron chi connectivity index (χ4n) is 2.60. The summed E-state index contributed by atoms with van der Waals surface area (Å²) in [6.07, 6.45) is 1.94. The molecule has 21 heavy (non-hydrogen) atoms. The second kappa shape index (κ2) is 4.33. The molecule has 0 aliphatic heterocycles. The first kappa shape index (κ1) is 11.9. The van der Waals surface area contributed by atoms with Gasteiger partial charge in [0.2, 0.25) is 0 Å². The summed E-state index contributed by atoms with van der Waals surface area (Å²) < 4.78 is 1.07. The van der Waals surface area contributed by atoms with Crippen LogP contribution in [0.15, 0.2) is 42.6 Å². The number of benzene rings is 2. The van der Waals surface area contributed by atoms with Crippen LogP contribution in [0.1, 0.15) is 5.56 Å². The molecule has 0 unspecified atom stereocenters. The van der Waals surface area contributed by atoms with Gasteiger partial charge in [0, 0.05) is 17.1 Å². The van der Waals surface area contributed by atoms with Crippen LogP contribution >= 0.6 is 11.3 Å². The van der Waals surface area contributed by atoms with Crippen molar-refractivity contribution in [1.29, 1.82) is 5.26 Å². The zero-order chi connectivity index (χ0) is 14.4. The van der Waals surface area contributed by atoms with Crippen LogP contribution in [0.3, 0.4) is 0 Å². The lowest BCUT2D eigenvalue weighted by Gasteiger charge is -2.00. The number of nitrogens with two attached hydrogens (primary N) is 1. The molecular weight excluding hydrogens is 280 g/mol. The molecule has 0 saturated carbocycles. The SMILES string of the molecule is N#Cc1cccc2c(-c3ccc4nc(N)sc4c3)c[nH]c12. The number of nitrogen functional groups attached to an aromatic ring is 1.